The molecule has 0 heterocycles. The van der Waals surface area contributed by atoms with Crippen molar-refractivity contribution in [2.45, 2.75) is 70.1 Å². The van der Waals surface area contributed by atoms with Crippen LogP contribution in [-0.4, -0.2) is 53.5 Å². The first-order valence-corrected chi connectivity index (χ1v) is 13.3. The van der Waals surface area contributed by atoms with Gasteiger partial charge in [0.15, 0.2) is 0 Å². The molecule has 2 aromatic rings. The third kappa shape index (κ3) is 8.92. The lowest BCUT2D eigenvalue weighted by Gasteiger charge is -2.32. The van der Waals surface area contributed by atoms with E-state index in [1.807, 2.05) is 30.3 Å². The smallest absolute Gasteiger partial charge is 0.317 e. The Balaban J connectivity index is 1.75. The molecule has 0 bridgehead atoms. The van der Waals surface area contributed by atoms with Crippen molar-refractivity contribution in [3.05, 3.63) is 71.0 Å². The van der Waals surface area contributed by atoms with E-state index < -0.39 is 29.8 Å². The molecule has 9 heteroatoms. The van der Waals surface area contributed by atoms with Gasteiger partial charge in [-0.3, -0.25) is 19.3 Å². The van der Waals surface area contributed by atoms with E-state index in [1.54, 1.807) is 24.1 Å². The summed E-state index contributed by atoms with van der Waals surface area (Å²) < 4.78 is 14.1. The number of nitrogens with zero attached hydrogens (tertiary/aromatic N) is 1. The fourth-order valence-corrected chi connectivity index (χ4v) is 5.05. The van der Waals surface area contributed by atoms with E-state index in [1.165, 1.54) is 12.5 Å². The zero-order valence-electron chi connectivity index (χ0n) is 22.0. The fraction of sp³-hybridized carbons (Fsp3) is 0.483. The lowest BCUT2D eigenvalue weighted by Crippen LogP contribution is -2.54. The summed E-state index contributed by atoms with van der Waals surface area (Å²) in [6.45, 7) is -0.0983. The second-order valence-electron chi connectivity index (χ2n) is 10.2. The molecule has 0 unspecified atom stereocenters. The Morgan fingerprint density at radius 3 is 2.39 bits per heavy atom. The van der Waals surface area contributed by atoms with Crippen LogP contribution in [0.3, 0.4) is 0 Å². The topological polar surface area (TPSA) is 125 Å². The van der Waals surface area contributed by atoms with Gasteiger partial charge < -0.3 is 21.5 Å². The molecular formula is C29H39FN4O4. The van der Waals surface area contributed by atoms with Gasteiger partial charge in [0.1, 0.15) is 11.9 Å². The molecule has 2 amide bonds. The summed E-state index contributed by atoms with van der Waals surface area (Å²) in [5.41, 5.74) is 7.37. The number of nitrogens with two attached hydrogens (primary N) is 1. The number of carboxylic acids is 1. The number of carbonyl (C=O) groups excluding carboxylic acids is 2. The minimum Gasteiger partial charge on any atom is -0.480 e. The van der Waals surface area contributed by atoms with Gasteiger partial charge in [0, 0.05) is 25.1 Å². The molecule has 2 aromatic carbocycles. The van der Waals surface area contributed by atoms with E-state index in [-0.39, 0.29) is 32.0 Å². The van der Waals surface area contributed by atoms with Crippen molar-refractivity contribution in [2.75, 3.05) is 13.6 Å². The highest BCUT2D eigenvalue weighted by Crippen LogP contribution is 2.28. The quantitative estimate of drug-likeness (QED) is 0.318. The van der Waals surface area contributed by atoms with Gasteiger partial charge >= 0.3 is 5.97 Å². The minimum absolute atomic E-state index is 0.0853. The largest absolute Gasteiger partial charge is 0.480 e. The maximum Gasteiger partial charge on any atom is 0.317 e. The summed E-state index contributed by atoms with van der Waals surface area (Å²) in [6, 6.07) is 12.4. The molecule has 1 aliphatic rings. The molecule has 0 spiro atoms. The molecule has 3 rings (SSSR count). The highest BCUT2D eigenvalue weighted by atomic mass is 19.1. The van der Waals surface area contributed by atoms with Crippen molar-refractivity contribution >= 4 is 17.8 Å². The minimum atomic E-state index is -1.01. The van der Waals surface area contributed by atoms with Crippen LogP contribution < -0.4 is 16.4 Å². The number of amides is 2. The predicted octanol–water partition coefficient (Wildman–Crippen LogP) is 2.98. The van der Waals surface area contributed by atoms with Crippen molar-refractivity contribution < 1.29 is 23.9 Å². The molecule has 5 N–H and O–H groups in total. The Bertz CT molecular complexity index is 1080. The Kier molecular flexibility index (Phi) is 11.2. The van der Waals surface area contributed by atoms with Crippen molar-refractivity contribution in [2.24, 2.45) is 11.7 Å². The molecule has 2 atom stereocenters. The van der Waals surface area contributed by atoms with E-state index in [9.17, 15) is 23.9 Å². The molecule has 1 aliphatic carbocycles. The molecular weight excluding hydrogens is 487 g/mol. The van der Waals surface area contributed by atoms with Gasteiger partial charge in [-0.2, -0.15) is 0 Å². The molecule has 0 aromatic heterocycles. The van der Waals surface area contributed by atoms with Gasteiger partial charge in [-0.1, -0.05) is 74.6 Å². The summed E-state index contributed by atoms with van der Waals surface area (Å²) in [7, 11) is 1.63. The van der Waals surface area contributed by atoms with E-state index in [4.69, 9.17) is 5.73 Å². The van der Waals surface area contributed by atoms with E-state index in [0.717, 1.165) is 31.2 Å². The van der Waals surface area contributed by atoms with Gasteiger partial charge in [0.2, 0.25) is 11.8 Å². The van der Waals surface area contributed by atoms with E-state index in [0.29, 0.717) is 23.5 Å². The monoisotopic (exact) mass is 526 g/mol. The first-order valence-electron chi connectivity index (χ1n) is 13.3. The molecule has 38 heavy (non-hydrogen) atoms. The van der Waals surface area contributed by atoms with Crippen LogP contribution in [0.4, 0.5) is 4.39 Å². The normalized spacial score (nSPS) is 15.6. The zero-order chi connectivity index (χ0) is 27.5. The third-order valence-electron chi connectivity index (χ3n) is 7.22. The van der Waals surface area contributed by atoms with Gasteiger partial charge in [-0.25, -0.2) is 4.39 Å². The third-order valence-corrected chi connectivity index (χ3v) is 7.22. The summed E-state index contributed by atoms with van der Waals surface area (Å²) in [4.78, 5) is 39.8. The highest BCUT2D eigenvalue weighted by molar-refractivity contribution is 5.90. The number of carboxylic acid groups (broad SMARTS) is 1. The Hall–Kier alpha value is -3.30. The van der Waals surface area contributed by atoms with Crippen LogP contribution in [0, 0.1) is 11.7 Å². The second kappa shape index (κ2) is 14.6. The standard InChI is InChI=1S/C29H39FN4O4/c1-34(19-27(35)36)26(16-21-10-6-3-7-11-21)29(38)33-25(15-20-8-4-2-5-9-20)28(37)32-18-22-12-13-23(17-31)24(30)14-22/h2,4-5,8-9,12-14,21,25-26H,3,6-7,10-11,15-19,31H2,1H3,(H,32,37)(H,33,38)(H,35,36)/t25-,26+/m0/s1. The molecule has 1 fully saturated rings. The van der Waals surface area contributed by atoms with Crippen molar-refractivity contribution in [3.63, 3.8) is 0 Å². The number of hydrogen-bond acceptors (Lipinski definition) is 5. The first-order chi connectivity index (χ1) is 18.3. The maximum absolute atomic E-state index is 14.1. The van der Waals surface area contributed by atoms with Crippen LogP contribution in [0.5, 0.6) is 0 Å². The number of benzene rings is 2. The number of halogens is 1. The predicted molar refractivity (Wildman–Crippen MR) is 143 cm³/mol. The Morgan fingerprint density at radius 1 is 1.05 bits per heavy atom. The summed E-state index contributed by atoms with van der Waals surface area (Å²) in [6.07, 6.45) is 6.22. The SMILES string of the molecule is CN(CC(=O)O)[C@H](CC1CCCCC1)C(=O)N[C@@H](Cc1ccccc1)C(=O)NCc1ccc(CN)c(F)c1. The Morgan fingerprint density at radius 2 is 1.76 bits per heavy atom. The Labute approximate surface area is 223 Å². The summed E-state index contributed by atoms with van der Waals surface area (Å²) in [5.74, 6) is -1.87. The lowest BCUT2D eigenvalue weighted by molar-refractivity contribution is -0.140. The van der Waals surface area contributed by atoms with Crippen LogP contribution in [0.1, 0.15) is 55.2 Å². The van der Waals surface area contributed by atoms with Gasteiger partial charge in [-0.15, -0.1) is 0 Å². The van der Waals surface area contributed by atoms with Crippen molar-refractivity contribution in [1.82, 2.24) is 15.5 Å². The fourth-order valence-electron chi connectivity index (χ4n) is 5.05. The lowest BCUT2D eigenvalue weighted by atomic mass is 9.84. The first kappa shape index (κ1) is 29.3. The molecule has 8 nitrogen and oxygen atoms in total. The van der Waals surface area contributed by atoms with Gasteiger partial charge in [-0.05, 0) is 36.6 Å². The molecule has 0 aliphatic heterocycles. The summed E-state index contributed by atoms with van der Waals surface area (Å²) in [5, 5.41) is 15.1. The summed E-state index contributed by atoms with van der Waals surface area (Å²) >= 11 is 0. The van der Waals surface area contributed by atoms with Crippen LogP contribution in [0.25, 0.3) is 0 Å². The van der Waals surface area contributed by atoms with Crippen molar-refractivity contribution in [3.8, 4) is 0 Å². The average molecular weight is 527 g/mol. The molecule has 1 saturated carbocycles. The maximum atomic E-state index is 14.1. The van der Waals surface area contributed by atoms with E-state index in [2.05, 4.69) is 10.6 Å². The number of rotatable bonds is 13. The molecule has 206 valence electrons. The number of aliphatic carboxylic acids is 1. The molecule has 0 saturated heterocycles. The van der Waals surface area contributed by atoms with Crippen LogP contribution in [0.15, 0.2) is 48.5 Å². The van der Waals surface area contributed by atoms with Crippen LogP contribution >= 0.6 is 0 Å². The van der Waals surface area contributed by atoms with Gasteiger partial charge in [0.25, 0.3) is 0 Å². The van der Waals surface area contributed by atoms with Crippen LogP contribution in [0.2, 0.25) is 0 Å². The number of likely N-dealkylation sites (N-methyl/N-ethyl adjacent to an activating group) is 1. The average Bonchev–Trinajstić information content (AvgIpc) is 2.90. The second-order valence-corrected chi connectivity index (χ2v) is 10.2. The van der Waals surface area contributed by atoms with E-state index >= 15 is 0 Å². The number of nitrogens with one attached hydrogen (secondary N) is 2. The zero-order valence-corrected chi connectivity index (χ0v) is 22.0. The van der Waals surface area contributed by atoms with Crippen LogP contribution in [-0.2, 0) is 33.9 Å². The molecule has 0 radical (unpaired) electrons. The number of carbonyl (C=O) groups is 3. The number of hydrogen-bond donors (Lipinski definition) is 4. The van der Waals surface area contributed by atoms with Gasteiger partial charge in [0.05, 0.1) is 12.6 Å². The highest BCUT2D eigenvalue weighted by Gasteiger charge is 2.31. The van der Waals surface area contributed by atoms with Crippen molar-refractivity contribution in [1.29, 1.82) is 0 Å².